The molecule has 102 valence electrons. The standard InChI is InChI=1S/C14H15N5S/c1-10(15)8-11-14(20-13-5-6-16-9-17-13)18-12-4-2-3-7-19(11)12/h2-7,9-10H,8,15H2,1H3. The lowest BCUT2D eigenvalue weighted by Gasteiger charge is -2.07. The third kappa shape index (κ3) is 2.66. The summed E-state index contributed by atoms with van der Waals surface area (Å²) in [6.45, 7) is 2.00. The predicted octanol–water partition coefficient (Wildman–Crippen LogP) is 2.17. The van der Waals surface area contributed by atoms with Gasteiger partial charge in [0.25, 0.3) is 0 Å². The van der Waals surface area contributed by atoms with E-state index in [0.717, 1.165) is 27.8 Å². The van der Waals surface area contributed by atoms with E-state index in [1.165, 1.54) is 0 Å². The summed E-state index contributed by atoms with van der Waals surface area (Å²) in [5, 5.41) is 1.83. The Hall–Kier alpha value is -1.92. The monoisotopic (exact) mass is 285 g/mol. The first-order valence-electron chi connectivity index (χ1n) is 6.39. The van der Waals surface area contributed by atoms with Crippen LogP contribution in [-0.4, -0.2) is 25.4 Å². The van der Waals surface area contributed by atoms with Crippen molar-refractivity contribution in [3.8, 4) is 0 Å². The van der Waals surface area contributed by atoms with E-state index in [2.05, 4.69) is 19.4 Å². The molecule has 2 N–H and O–H groups in total. The Bertz CT molecular complexity index is 708. The molecule has 0 aliphatic carbocycles. The van der Waals surface area contributed by atoms with E-state index in [1.54, 1.807) is 24.3 Å². The average Bonchev–Trinajstić information content (AvgIpc) is 2.78. The number of hydrogen-bond acceptors (Lipinski definition) is 5. The molecule has 1 unspecified atom stereocenters. The molecule has 0 saturated heterocycles. The molecule has 3 aromatic rings. The highest BCUT2D eigenvalue weighted by Gasteiger charge is 2.14. The van der Waals surface area contributed by atoms with Crippen LogP contribution in [0.2, 0.25) is 0 Å². The number of aromatic nitrogens is 4. The van der Waals surface area contributed by atoms with Gasteiger partial charge >= 0.3 is 0 Å². The molecule has 6 heteroatoms. The van der Waals surface area contributed by atoms with E-state index in [4.69, 9.17) is 5.73 Å². The van der Waals surface area contributed by atoms with Crippen molar-refractivity contribution in [2.24, 2.45) is 5.73 Å². The summed E-state index contributed by atoms with van der Waals surface area (Å²) in [5.74, 6) is 0. The van der Waals surface area contributed by atoms with Gasteiger partial charge in [-0.05, 0) is 36.9 Å². The fraction of sp³-hybridized carbons (Fsp3) is 0.214. The Kier molecular flexibility index (Phi) is 3.66. The summed E-state index contributed by atoms with van der Waals surface area (Å²) < 4.78 is 2.09. The van der Waals surface area contributed by atoms with Crippen molar-refractivity contribution in [1.29, 1.82) is 0 Å². The lowest BCUT2D eigenvalue weighted by Crippen LogP contribution is -2.19. The minimum Gasteiger partial charge on any atom is -0.328 e. The SMILES string of the molecule is CC(N)Cc1c(Sc2ccncn2)nc2ccccn12. The van der Waals surface area contributed by atoms with Gasteiger partial charge in [0.15, 0.2) is 0 Å². The maximum Gasteiger partial charge on any atom is 0.138 e. The van der Waals surface area contributed by atoms with Crippen LogP contribution in [0.3, 0.4) is 0 Å². The van der Waals surface area contributed by atoms with Crippen LogP contribution < -0.4 is 5.73 Å². The molecule has 0 aliphatic heterocycles. The van der Waals surface area contributed by atoms with E-state index < -0.39 is 0 Å². The summed E-state index contributed by atoms with van der Waals surface area (Å²) in [6, 6.07) is 7.94. The van der Waals surface area contributed by atoms with Gasteiger partial charge in [0.2, 0.25) is 0 Å². The molecule has 3 heterocycles. The predicted molar refractivity (Wildman–Crippen MR) is 78.7 cm³/mol. The zero-order chi connectivity index (χ0) is 13.9. The number of imidazole rings is 1. The highest BCUT2D eigenvalue weighted by Crippen LogP contribution is 2.29. The van der Waals surface area contributed by atoms with Gasteiger partial charge in [-0.1, -0.05) is 6.07 Å². The van der Waals surface area contributed by atoms with E-state index in [1.807, 2.05) is 37.4 Å². The second kappa shape index (κ2) is 5.60. The van der Waals surface area contributed by atoms with Gasteiger partial charge in [-0.25, -0.2) is 15.0 Å². The molecule has 3 aromatic heterocycles. The molecular weight excluding hydrogens is 270 g/mol. The van der Waals surface area contributed by atoms with Crippen LogP contribution in [0, 0.1) is 0 Å². The first kappa shape index (κ1) is 13.1. The molecule has 0 radical (unpaired) electrons. The van der Waals surface area contributed by atoms with Crippen molar-refractivity contribution in [3.05, 3.63) is 48.7 Å². The van der Waals surface area contributed by atoms with Crippen LogP contribution in [0.5, 0.6) is 0 Å². The normalized spacial score (nSPS) is 12.7. The van der Waals surface area contributed by atoms with Crippen LogP contribution in [-0.2, 0) is 6.42 Å². The Morgan fingerprint density at radius 1 is 1.35 bits per heavy atom. The van der Waals surface area contributed by atoms with E-state index in [9.17, 15) is 0 Å². The molecule has 0 aliphatic rings. The van der Waals surface area contributed by atoms with Gasteiger partial charge in [0.1, 0.15) is 22.0 Å². The lowest BCUT2D eigenvalue weighted by molar-refractivity contribution is 0.705. The zero-order valence-corrected chi connectivity index (χ0v) is 11.9. The zero-order valence-electron chi connectivity index (χ0n) is 11.1. The van der Waals surface area contributed by atoms with Crippen molar-refractivity contribution in [2.75, 3.05) is 0 Å². The maximum atomic E-state index is 5.96. The second-order valence-corrected chi connectivity index (χ2v) is 5.63. The van der Waals surface area contributed by atoms with Gasteiger partial charge < -0.3 is 10.1 Å². The highest BCUT2D eigenvalue weighted by atomic mass is 32.2. The van der Waals surface area contributed by atoms with Gasteiger partial charge in [-0.3, -0.25) is 0 Å². The van der Waals surface area contributed by atoms with E-state index in [-0.39, 0.29) is 6.04 Å². The highest BCUT2D eigenvalue weighted by molar-refractivity contribution is 7.99. The number of hydrogen-bond donors (Lipinski definition) is 1. The smallest absolute Gasteiger partial charge is 0.138 e. The number of pyridine rings is 1. The van der Waals surface area contributed by atoms with Gasteiger partial charge in [-0.2, -0.15) is 0 Å². The molecule has 0 amide bonds. The van der Waals surface area contributed by atoms with Crippen LogP contribution in [0.1, 0.15) is 12.6 Å². The van der Waals surface area contributed by atoms with Gasteiger partial charge in [0, 0.05) is 24.9 Å². The molecule has 0 bridgehead atoms. The van der Waals surface area contributed by atoms with Gasteiger partial charge in [-0.15, -0.1) is 0 Å². The first-order valence-corrected chi connectivity index (χ1v) is 7.21. The fourth-order valence-corrected chi connectivity index (χ4v) is 2.90. The van der Waals surface area contributed by atoms with Gasteiger partial charge in [0.05, 0.1) is 5.69 Å². The lowest BCUT2D eigenvalue weighted by atomic mass is 10.2. The van der Waals surface area contributed by atoms with Crippen LogP contribution in [0.15, 0.2) is 53.0 Å². The number of nitrogens with two attached hydrogens (primary N) is 1. The Balaban J connectivity index is 2.04. The van der Waals surface area contributed by atoms with Crippen LogP contribution in [0.4, 0.5) is 0 Å². The second-order valence-electron chi connectivity index (χ2n) is 4.62. The third-order valence-electron chi connectivity index (χ3n) is 2.86. The Labute approximate surface area is 121 Å². The molecule has 20 heavy (non-hydrogen) atoms. The topological polar surface area (TPSA) is 69.1 Å². The fourth-order valence-electron chi connectivity index (χ4n) is 2.04. The third-order valence-corrected chi connectivity index (χ3v) is 3.83. The Morgan fingerprint density at radius 3 is 3.00 bits per heavy atom. The quantitative estimate of drug-likeness (QED) is 0.744. The van der Waals surface area contributed by atoms with Crippen LogP contribution in [0.25, 0.3) is 5.65 Å². The number of rotatable bonds is 4. The average molecular weight is 285 g/mol. The molecule has 1 atom stereocenters. The molecular formula is C14H15N5S. The minimum atomic E-state index is 0.0832. The minimum absolute atomic E-state index is 0.0832. The Morgan fingerprint density at radius 2 is 2.25 bits per heavy atom. The molecule has 0 spiro atoms. The first-order chi connectivity index (χ1) is 9.74. The van der Waals surface area contributed by atoms with Crippen molar-refractivity contribution in [1.82, 2.24) is 19.4 Å². The van der Waals surface area contributed by atoms with Crippen molar-refractivity contribution >= 4 is 17.4 Å². The summed E-state index contributed by atoms with van der Waals surface area (Å²) in [7, 11) is 0. The van der Waals surface area contributed by atoms with Crippen molar-refractivity contribution in [3.63, 3.8) is 0 Å². The summed E-state index contributed by atoms with van der Waals surface area (Å²) in [4.78, 5) is 12.8. The summed E-state index contributed by atoms with van der Waals surface area (Å²) in [5.41, 5.74) is 8.02. The molecule has 0 aromatic carbocycles. The summed E-state index contributed by atoms with van der Waals surface area (Å²) >= 11 is 1.54. The molecule has 0 saturated carbocycles. The maximum absolute atomic E-state index is 5.96. The van der Waals surface area contributed by atoms with Crippen molar-refractivity contribution < 1.29 is 0 Å². The summed E-state index contributed by atoms with van der Waals surface area (Å²) in [6.07, 6.45) is 6.07. The molecule has 5 nitrogen and oxygen atoms in total. The molecule has 3 rings (SSSR count). The van der Waals surface area contributed by atoms with Crippen LogP contribution >= 0.6 is 11.8 Å². The van der Waals surface area contributed by atoms with E-state index >= 15 is 0 Å². The number of nitrogens with zero attached hydrogens (tertiary/aromatic N) is 4. The van der Waals surface area contributed by atoms with E-state index in [0.29, 0.717) is 0 Å². The molecule has 0 fully saturated rings. The van der Waals surface area contributed by atoms with Crippen molar-refractivity contribution in [2.45, 2.75) is 29.4 Å². The number of fused-ring (bicyclic) bond motifs is 1. The largest absolute Gasteiger partial charge is 0.328 e.